The first kappa shape index (κ1) is 22.7. The molecule has 1 aromatic carbocycles. The predicted molar refractivity (Wildman–Crippen MR) is 113 cm³/mol. The second-order valence-electron chi connectivity index (χ2n) is 6.55. The molecule has 2 aromatic rings. The fourth-order valence-corrected chi connectivity index (χ4v) is 3.72. The highest BCUT2D eigenvalue weighted by molar-refractivity contribution is 7.13. The summed E-state index contributed by atoms with van der Waals surface area (Å²) >= 11 is 1.36. The zero-order valence-corrected chi connectivity index (χ0v) is 18.4. The molecule has 1 heterocycles. The van der Waals surface area contributed by atoms with Gasteiger partial charge >= 0.3 is 5.97 Å². The van der Waals surface area contributed by atoms with Crippen molar-refractivity contribution in [3.8, 4) is 22.1 Å². The summed E-state index contributed by atoms with van der Waals surface area (Å²) in [5.74, 6) is 0.810. The monoisotopic (exact) mass is 420 g/mol. The van der Waals surface area contributed by atoms with Gasteiger partial charge in [0.15, 0.2) is 11.5 Å². The number of esters is 1. The van der Waals surface area contributed by atoms with Gasteiger partial charge in [-0.25, -0.2) is 4.98 Å². The molecule has 0 bridgehead atoms. The summed E-state index contributed by atoms with van der Waals surface area (Å²) in [7, 11) is 4.47. The molecule has 8 heteroatoms. The van der Waals surface area contributed by atoms with E-state index in [-0.39, 0.29) is 12.5 Å². The van der Waals surface area contributed by atoms with Crippen LogP contribution < -0.4 is 9.47 Å². The summed E-state index contributed by atoms with van der Waals surface area (Å²) in [5.41, 5.74) is 1.14. The maximum Gasteiger partial charge on any atom is 0.325 e. The first-order valence-corrected chi connectivity index (χ1v) is 10.4. The molecule has 0 saturated carbocycles. The predicted octanol–water partition coefficient (Wildman–Crippen LogP) is 3.88. The van der Waals surface area contributed by atoms with Crippen LogP contribution in [0.4, 0.5) is 0 Å². The standard InChI is InChI=1S/C21H28N2O5S/c1-6-14(7-2)11-23(12-19(24)28-5)21(25)16-13-29-20(22-16)15-8-9-17(26-3)18(10-15)27-4/h8-10,13-14H,6-7,11-12H2,1-5H3. The summed E-state index contributed by atoms with van der Waals surface area (Å²) in [6.45, 7) is 4.55. The molecule has 7 nitrogen and oxygen atoms in total. The van der Waals surface area contributed by atoms with Crippen molar-refractivity contribution in [3.63, 3.8) is 0 Å². The van der Waals surface area contributed by atoms with Crippen LogP contribution in [0, 0.1) is 5.92 Å². The minimum atomic E-state index is -0.445. The Morgan fingerprint density at radius 1 is 1.10 bits per heavy atom. The number of thiazole rings is 1. The van der Waals surface area contributed by atoms with Gasteiger partial charge < -0.3 is 19.1 Å². The van der Waals surface area contributed by atoms with Gasteiger partial charge in [-0.1, -0.05) is 26.7 Å². The fraction of sp³-hybridized carbons (Fsp3) is 0.476. The Morgan fingerprint density at radius 2 is 1.79 bits per heavy atom. The SMILES string of the molecule is CCC(CC)CN(CC(=O)OC)C(=O)c1csc(-c2ccc(OC)c(OC)c2)n1. The lowest BCUT2D eigenvalue weighted by atomic mass is 10.0. The third-order valence-corrected chi connectivity index (χ3v) is 5.71. The van der Waals surface area contributed by atoms with E-state index < -0.39 is 5.97 Å². The largest absolute Gasteiger partial charge is 0.493 e. The quantitative estimate of drug-likeness (QED) is 0.543. The zero-order chi connectivity index (χ0) is 21.4. The Labute approximate surface area is 175 Å². The Bertz CT molecular complexity index is 832. The number of carbonyl (C=O) groups is 2. The molecule has 2 rings (SSSR count). The van der Waals surface area contributed by atoms with Crippen LogP contribution >= 0.6 is 11.3 Å². The van der Waals surface area contributed by atoms with Gasteiger partial charge in [-0.3, -0.25) is 9.59 Å². The van der Waals surface area contributed by atoms with E-state index in [4.69, 9.17) is 14.2 Å². The molecular weight excluding hydrogens is 392 g/mol. The number of hydrogen-bond donors (Lipinski definition) is 0. The van der Waals surface area contributed by atoms with Gasteiger partial charge in [-0.05, 0) is 24.1 Å². The first-order valence-electron chi connectivity index (χ1n) is 9.51. The van der Waals surface area contributed by atoms with E-state index in [2.05, 4.69) is 18.8 Å². The molecule has 0 N–H and O–H groups in total. The van der Waals surface area contributed by atoms with Crippen LogP contribution in [0.5, 0.6) is 11.5 Å². The molecule has 0 aliphatic rings. The van der Waals surface area contributed by atoms with Crippen LogP contribution in [0.15, 0.2) is 23.6 Å². The smallest absolute Gasteiger partial charge is 0.325 e. The van der Waals surface area contributed by atoms with Crippen molar-refractivity contribution in [2.24, 2.45) is 5.92 Å². The maximum atomic E-state index is 13.0. The van der Waals surface area contributed by atoms with Gasteiger partial charge in [-0.15, -0.1) is 11.3 Å². The van der Waals surface area contributed by atoms with E-state index in [0.29, 0.717) is 34.7 Å². The molecule has 0 unspecified atom stereocenters. The topological polar surface area (TPSA) is 78.0 Å². The van der Waals surface area contributed by atoms with Crippen LogP contribution in [0.1, 0.15) is 37.2 Å². The Balaban J connectivity index is 2.27. The van der Waals surface area contributed by atoms with Gasteiger partial charge in [-0.2, -0.15) is 0 Å². The van der Waals surface area contributed by atoms with Gasteiger partial charge in [0, 0.05) is 17.5 Å². The highest BCUT2D eigenvalue weighted by Crippen LogP contribution is 2.33. The van der Waals surface area contributed by atoms with E-state index in [9.17, 15) is 9.59 Å². The van der Waals surface area contributed by atoms with Crippen LogP contribution in [0.2, 0.25) is 0 Å². The summed E-state index contributed by atoms with van der Waals surface area (Å²) in [4.78, 5) is 30.9. The zero-order valence-electron chi connectivity index (χ0n) is 17.6. The molecule has 29 heavy (non-hydrogen) atoms. The average molecular weight is 421 g/mol. The lowest BCUT2D eigenvalue weighted by Gasteiger charge is -2.25. The lowest BCUT2D eigenvalue weighted by Crippen LogP contribution is -2.39. The van der Waals surface area contributed by atoms with Crippen LogP contribution in [-0.4, -0.2) is 56.2 Å². The number of aromatic nitrogens is 1. The minimum absolute atomic E-state index is 0.0882. The van der Waals surface area contributed by atoms with Crippen molar-refractivity contribution < 1.29 is 23.8 Å². The lowest BCUT2D eigenvalue weighted by molar-refractivity contribution is -0.141. The summed E-state index contributed by atoms with van der Waals surface area (Å²) in [6, 6.07) is 5.49. The summed E-state index contributed by atoms with van der Waals surface area (Å²) in [5, 5.41) is 2.40. The highest BCUT2D eigenvalue weighted by atomic mass is 32.1. The Kier molecular flexibility index (Phi) is 8.45. The summed E-state index contributed by atoms with van der Waals surface area (Å²) < 4.78 is 15.4. The third kappa shape index (κ3) is 5.69. The number of ether oxygens (including phenoxy) is 3. The number of hydrogen-bond acceptors (Lipinski definition) is 7. The van der Waals surface area contributed by atoms with E-state index in [0.717, 1.165) is 18.4 Å². The molecule has 0 saturated heterocycles. The number of benzene rings is 1. The molecule has 0 aliphatic heterocycles. The molecule has 1 amide bonds. The third-order valence-electron chi connectivity index (χ3n) is 4.82. The first-order chi connectivity index (χ1) is 14.0. The molecule has 0 aliphatic carbocycles. The van der Waals surface area contributed by atoms with Crippen molar-refractivity contribution >= 4 is 23.2 Å². The molecule has 0 fully saturated rings. The second kappa shape index (κ2) is 10.8. The van der Waals surface area contributed by atoms with Crippen molar-refractivity contribution in [2.45, 2.75) is 26.7 Å². The molecule has 0 radical (unpaired) electrons. The Hall–Kier alpha value is -2.61. The number of nitrogens with zero attached hydrogens (tertiary/aromatic N) is 2. The van der Waals surface area contributed by atoms with E-state index in [1.165, 1.54) is 23.3 Å². The van der Waals surface area contributed by atoms with Crippen LogP contribution in [-0.2, 0) is 9.53 Å². The highest BCUT2D eigenvalue weighted by Gasteiger charge is 2.24. The van der Waals surface area contributed by atoms with Crippen molar-refractivity contribution in [3.05, 3.63) is 29.3 Å². The number of amides is 1. The van der Waals surface area contributed by atoms with E-state index in [1.807, 2.05) is 12.1 Å². The van der Waals surface area contributed by atoms with E-state index in [1.54, 1.807) is 25.7 Å². The second-order valence-corrected chi connectivity index (χ2v) is 7.41. The molecular formula is C21H28N2O5S. The van der Waals surface area contributed by atoms with Gasteiger partial charge in [0.2, 0.25) is 0 Å². The number of methoxy groups -OCH3 is 3. The minimum Gasteiger partial charge on any atom is -0.493 e. The van der Waals surface area contributed by atoms with Crippen LogP contribution in [0.25, 0.3) is 10.6 Å². The van der Waals surface area contributed by atoms with Crippen LogP contribution in [0.3, 0.4) is 0 Å². The van der Waals surface area contributed by atoms with Crippen molar-refractivity contribution in [1.82, 2.24) is 9.88 Å². The molecule has 158 valence electrons. The van der Waals surface area contributed by atoms with E-state index >= 15 is 0 Å². The summed E-state index contributed by atoms with van der Waals surface area (Å²) in [6.07, 6.45) is 1.85. The molecule has 0 atom stereocenters. The van der Waals surface area contributed by atoms with Gasteiger partial charge in [0.25, 0.3) is 5.91 Å². The number of carbonyl (C=O) groups excluding carboxylic acids is 2. The molecule has 0 spiro atoms. The average Bonchev–Trinajstić information content (AvgIpc) is 3.25. The fourth-order valence-electron chi connectivity index (χ4n) is 2.93. The van der Waals surface area contributed by atoms with Crippen molar-refractivity contribution in [1.29, 1.82) is 0 Å². The normalized spacial score (nSPS) is 10.7. The Morgan fingerprint density at radius 3 is 2.38 bits per heavy atom. The van der Waals surface area contributed by atoms with Crippen molar-refractivity contribution in [2.75, 3.05) is 34.4 Å². The maximum absolute atomic E-state index is 13.0. The van der Waals surface area contributed by atoms with Gasteiger partial charge in [0.05, 0.1) is 21.3 Å². The van der Waals surface area contributed by atoms with Gasteiger partial charge in [0.1, 0.15) is 17.2 Å². The molecule has 1 aromatic heterocycles. The number of rotatable bonds is 10.